The molecule has 0 bridgehead atoms. The van der Waals surface area contributed by atoms with Gasteiger partial charge in [-0.05, 0) is 51.0 Å². The fourth-order valence-electron chi connectivity index (χ4n) is 3.01. The molecule has 2 aromatic heterocycles. The van der Waals surface area contributed by atoms with Gasteiger partial charge in [0.1, 0.15) is 0 Å². The highest BCUT2D eigenvalue weighted by Crippen LogP contribution is 2.20. The molecule has 0 amide bonds. The molecule has 0 fully saturated rings. The van der Waals surface area contributed by atoms with Crippen LogP contribution in [0.15, 0.2) is 42.6 Å². The van der Waals surface area contributed by atoms with Crippen LogP contribution >= 0.6 is 12.2 Å². The molecule has 2 N–H and O–H groups in total. The van der Waals surface area contributed by atoms with E-state index < -0.39 is 0 Å². The van der Waals surface area contributed by atoms with Crippen molar-refractivity contribution in [2.45, 2.75) is 40.3 Å². The van der Waals surface area contributed by atoms with E-state index >= 15 is 0 Å². The van der Waals surface area contributed by atoms with Crippen LogP contribution in [0.1, 0.15) is 29.1 Å². The van der Waals surface area contributed by atoms with Gasteiger partial charge in [-0.2, -0.15) is 10.2 Å². The van der Waals surface area contributed by atoms with E-state index in [2.05, 4.69) is 46.8 Å². The van der Waals surface area contributed by atoms with Gasteiger partial charge in [-0.3, -0.25) is 9.36 Å². The van der Waals surface area contributed by atoms with Crippen molar-refractivity contribution in [1.29, 1.82) is 0 Å². The predicted octanol–water partition coefficient (Wildman–Crippen LogP) is 3.43. The first kappa shape index (κ1) is 19.1. The molecule has 7 heteroatoms. The summed E-state index contributed by atoms with van der Waals surface area (Å²) < 4.78 is 4.01. The van der Waals surface area contributed by atoms with Gasteiger partial charge in [0.2, 0.25) is 0 Å². The first-order chi connectivity index (χ1) is 13.0. The molecule has 0 saturated carbocycles. The average molecular weight is 383 g/mol. The Balaban J connectivity index is 1.52. The van der Waals surface area contributed by atoms with Gasteiger partial charge >= 0.3 is 0 Å². The third kappa shape index (κ3) is 4.95. The summed E-state index contributed by atoms with van der Waals surface area (Å²) in [5.74, 6) is 0. The molecule has 0 saturated heterocycles. The molecule has 27 heavy (non-hydrogen) atoms. The first-order valence-electron chi connectivity index (χ1n) is 9.16. The summed E-state index contributed by atoms with van der Waals surface area (Å²) >= 11 is 5.45. The van der Waals surface area contributed by atoms with E-state index in [1.54, 1.807) is 0 Å². The largest absolute Gasteiger partial charge is 0.362 e. The lowest BCUT2D eigenvalue weighted by Gasteiger charge is -2.11. The summed E-state index contributed by atoms with van der Waals surface area (Å²) in [6.07, 6.45) is 2.78. The number of hydrogen-bond donors (Lipinski definition) is 2. The SMILES string of the molecule is Cc1nn(Cc2ccccc2)c(C)c1NC(=S)NCCCn1nccc1C. The number of benzene rings is 1. The number of aryl methyl sites for hydroxylation is 3. The quantitative estimate of drug-likeness (QED) is 0.484. The molecule has 3 rings (SSSR count). The first-order valence-corrected chi connectivity index (χ1v) is 9.56. The lowest BCUT2D eigenvalue weighted by atomic mass is 10.2. The highest BCUT2D eigenvalue weighted by atomic mass is 32.1. The van der Waals surface area contributed by atoms with Crippen LogP contribution in [0.25, 0.3) is 0 Å². The van der Waals surface area contributed by atoms with Crippen LogP contribution in [0.5, 0.6) is 0 Å². The summed E-state index contributed by atoms with van der Waals surface area (Å²) in [5, 5.41) is 16.1. The van der Waals surface area contributed by atoms with Crippen molar-refractivity contribution < 1.29 is 0 Å². The van der Waals surface area contributed by atoms with Crippen molar-refractivity contribution in [3.63, 3.8) is 0 Å². The summed E-state index contributed by atoms with van der Waals surface area (Å²) in [7, 11) is 0. The molecular formula is C20H26N6S. The minimum Gasteiger partial charge on any atom is -0.362 e. The second kappa shape index (κ2) is 8.81. The molecule has 0 spiro atoms. The standard InChI is InChI=1S/C20H26N6S/c1-15-10-12-22-25(15)13-7-11-21-20(27)23-19-16(2)24-26(17(19)3)14-18-8-5-4-6-9-18/h4-6,8-10,12H,7,11,13-14H2,1-3H3,(H2,21,23,27). The highest BCUT2D eigenvalue weighted by Gasteiger charge is 2.13. The van der Waals surface area contributed by atoms with Gasteiger partial charge < -0.3 is 10.6 Å². The highest BCUT2D eigenvalue weighted by molar-refractivity contribution is 7.80. The Hall–Kier alpha value is -2.67. The summed E-state index contributed by atoms with van der Waals surface area (Å²) in [4.78, 5) is 0. The van der Waals surface area contributed by atoms with Crippen LogP contribution in [0.2, 0.25) is 0 Å². The number of nitrogens with one attached hydrogen (secondary N) is 2. The van der Waals surface area contributed by atoms with E-state index in [1.807, 2.05) is 46.7 Å². The number of thiocarbonyl (C=S) groups is 1. The van der Waals surface area contributed by atoms with Gasteiger partial charge in [-0.15, -0.1) is 0 Å². The zero-order chi connectivity index (χ0) is 19.2. The Kier molecular flexibility index (Phi) is 6.24. The van der Waals surface area contributed by atoms with E-state index in [0.29, 0.717) is 5.11 Å². The van der Waals surface area contributed by atoms with Crippen LogP contribution in [0.3, 0.4) is 0 Å². The third-order valence-electron chi connectivity index (χ3n) is 4.56. The Morgan fingerprint density at radius 2 is 1.85 bits per heavy atom. The zero-order valence-electron chi connectivity index (χ0n) is 16.1. The van der Waals surface area contributed by atoms with Crippen LogP contribution in [0.4, 0.5) is 5.69 Å². The van der Waals surface area contributed by atoms with Gasteiger partial charge in [-0.25, -0.2) is 0 Å². The fraction of sp³-hybridized carbons (Fsp3) is 0.350. The maximum absolute atomic E-state index is 5.45. The average Bonchev–Trinajstić information content (AvgIpc) is 3.18. The van der Waals surface area contributed by atoms with Crippen molar-refractivity contribution in [3.8, 4) is 0 Å². The van der Waals surface area contributed by atoms with Gasteiger partial charge in [0.25, 0.3) is 0 Å². The molecule has 0 unspecified atom stereocenters. The lowest BCUT2D eigenvalue weighted by Crippen LogP contribution is -2.30. The molecule has 1 aromatic carbocycles. The van der Waals surface area contributed by atoms with Crippen molar-refractivity contribution in [2.75, 3.05) is 11.9 Å². The molecule has 0 radical (unpaired) electrons. The lowest BCUT2D eigenvalue weighted by molar-refractivity contribution is 0.561. The molecule has 0 aliphatic rings. The Morgan fingerprint density at radius 3 is 2.56 bits per heavy atom. The van der Waals surface area contributed by atoms with E-state index in [0.717, 1.165) is 43.1 Å². The van der Waals surface area contributed by atoms with Crippen LogP contribution < -0.4 is 10.6 Å². The van der Waals surface area contributed by atoms with E-state index in [9.17, 15) is 0 Å². The van der Waals surface area contributed by atoms with Gasteiger partial charge in [-0.1, -0.05) is 30.3 Å². The molecule has 6 nitrogen and oxygen atoms in total. The predicted molar refractivity (Wildman–Crippen MR) is 113 cm³/mol. The number of aromatic nitrogens is 4. The van der Waals surface area contributed by atoms with Gasteiger partial charge in [0.05, 0.1) is 23.6 Å². The summed E-state index contributed by atoms with van der Waals surface area (Å²) in [6, 6.07) is 12.3. The second-order valence-corrected chi connectivity index (χ2v) is 7.03. The summed E-state index contributed by atoms with van der Waals surface area (Å²) in [5.41, 5.74) is 5.40. The Bertz CT molecular complexity index is 897. The minimum absolute atomic E-state index is 0.623. The van der Waals surface area contributed by atoms with Gasteiger partial charge in [0.15, 0.2) is 5.11 Å². The van der Waals surface area contributed by atoms with Crippen molar-refractivity contribution in [3.05, 3.63) is 65.2 Å². The van der Waals surface area contributed by atoms with Crippen LogP contribution in [-0.2, 0) is 13.1 Å². The maximum Gasteiger partial charge on any atom is 0.170 e. The van der Waals surface area contributed by atoms with Crippen LogP contribution in [0, 0.1) is 20.8 Å². The number of hydrogen-bond acceptors (Lipinski definition) is 3. The van der Waals surface area contributed by atoms with E-state index in [4.69, 9.17) is 12.2 Å². The zero-order valence-corrected chi connectivity index (χ0v) is 16.9. The molecule has 0 atom stereocenters. The van der Waals surface area contributed by atoms with E-state index in [1.165, 1.54) is 11.3 Å². The molecule has 2 heterocycles. The van der Waals surface area contributed by atoms with E-state index in [-0.39, 0.29) is 0 Å². The molecule has 3 aromatic rings. The second-order valence-electron chi connectivity index (χ2n) is 6.62. The van der Waals surface area contributed by atoms with Crippen molar-refractivity contribution >= 4 is 23.0 Å². The van der Waals surface area contributed by atoms with Gasteiger partial charge in [0, 0.05) is 25.0 Å². The van der Waals surface area contributed by atoms with Crippen molar-refractivity contribution in [2.24, 2.45) is 0 Å². The minimum atomic E-state index is 0.623. The molecule has 0 aliphatic carbocycles. The maximum atomic E-state index is 5.45. The van der Waals surface area contributed by atoms with Crippen LogP contribution in [-0.4, -0.2) is 31.2 Å². The number of rotatable bonds is 7. The Labute approximate surface area is 165 Å². The number of anilines is 1. The van der Waals surface area contributed by atoms with Crippen molar-refractivity contribution in [1.82, 2.24) is 24.9 Å². The fourth-order valence-corrected chi connectivity index (χ4v) is 3.21. The monoisotopic (exact) mass is 382 g/mol. The summed E-state index contributed by atoms with van der Waals surface area (Å²) in [6.45, 7) is 8.54. The normalized spacial score (nSPS) is 10.8. The third-order valence-corrected chi connectivity index (χ3v) is 4.80. The number of nitrogens with zero attached hydrogens (tertiary/aromatic N) is 4. The molecular weight excluding hydrogens is 356 g/mol. The molecule has 142 valence electrons. The Morgan fingerprint density at radius 1 is 1.07 bits per heavy atom. The molecule has 0 aliphatic heterocycles. The topological polar surface area (TPSA) is 59.7 Å². The smallest absolute Gasteiger partial charge is 0.170 e.